The number of hydrogen-bond donors (Lipinski definition) is 3. The standard InChI is InChI=1S/C18H22N2O5S/c21-15(20-18(17(23)24)6-9-26-10-7-18)12-3-1-4-13(11-12)19-16(22)14-5-2-8-25-14/h1,3-4,11,14H,2,5-10H2,(H,19,22)(H,20,21)(H,23,24). The van der Waals surface area contributed by atoms with Crippen LogP contribution in [-0.2, 0) is 14.3 Å². The van der Waals surface area contributed by atoms with E-state index in [1.54, 1.807) is 36.0 Å². The molecule has 7 nitrogen and oxygen atoms in total. The van der Waals surface area contributed by atoms with E-state index in [4.69, 9.17) is 4.74 Å². The average molecular weight is 378 g/mol. The molecule has 1 unspecified atom stereocenters. The number of ether oxygens (including phenoxy) is 1. The summed E-state index contributed by atoms with van der Waals surface area (Å²) >= 11 is 1.68. The van der Waals surface area contributed by atoms with E-state index in [0.29, 0.717) is 48.6 Å². The minimum absolute atomic E-state index is 0.230. The Balaban J connectivity index is 1.69. The van der Waals surface area contributed by atoms with Crippen molar-refractivity contribution in [3.63, 3.8) is 0 Å². The third-order valence-corrected chi connectivity index (χ3v) is 5.71. The molecule has 3 N–H and O–H groups in total. The fourth-order valence-electron chi connectivity index (χ4n) is 3.15. The summed E-state index contributed by atoms with van der Waals surface area (Å²) in [6, 6.07) is 6.50. The highest BCUT2D eigenvalue weighted by atomic mass is 32.2. The summed E-state index contributed by atoms with van der Waals surface area (Å²) in [5, 5.41) is 15.0. The normalized spacial score (nSPS) is 21.8. The molecule has 2 aliphatic rings. The molecule has 0 aliphatic carbocycles. The van der Waals surface area contributed by atoms with Gasteiger partial charge in [0.05, 0.1) is 0 Å². The van der Waals surface area contributed by atoms with Crippen LogP contribution < -0.4 is 10.6 Å². The summed E-state index contributed by atoms with van der Waals surface area (Å²) < 4.78 is 5.35. The van der Waals surface area contributed by atoms with Gasteiger partial charge in [0, 0.05) is 17.9 Å². The zero-order valence-electron chi connectivity index (χ0n) is 14.3. The molecule has 1 atom stereocenters. The molecule has 3 rings (SSSR count). The molecule has 2 saturated heterocycles. The number of carboxylic acids is 1. The van der Waals surface area contributed by atoms with Gasteiger partial charge in [-0.3, -0.25) is 9.59 Å². The lowest BCUT2D eigenvalue weighted by molar-refractivity contribution is -0.144. The molecular formula is C18H22N2O5S. The number of anilines is 1. The molecule has 26 heavy (non-hydrogen) atoms. The molecule has 2 aliphatic heterocycles. The topological polar surface area (TPSA) is 105 Å². The number of nitrogens with one attached hydrogen (secondary N) is 2. The SMILES string of the molecule is O=C(NC1(C(=O)O)CCSCC1)c1cccc(NC(=O)C2CCCO2)c1. The Labute approximate surface area is 155 Å². The third-order valence-electron chi connectivity index (χ3n) is 4.72. The van der Waals surface area contributed by atoms with Gasteiger partial charge in [-0.25, -0.2) is 4.79 Å². The molecule has 8 heteroatoms. The van der Waals surface area contributed by atoms with Crippen LogP contribution in [0.5, 0.6) is 0 Å². The van der Waals surface area contributed by atoms with Gasteiger partial charge in [0.2, 0.25) is 0 Å². The molecular weight excluding hydrogens is 356 g/mol. The van der Waals surface area contributed by atoms with E-state index in [0.717, 1.165) is 6.42 Å². The average Bonchev–Trinajstić information content (AvgIpc) is 3.17. The molecule has 2 fully saturated rings. The van der Waals surface area contributed by atoms with Gasteiger partial charge in [0.15, 0.2) is 0 Å². The maximum absolute atomic E-state index is 12.6. The van der Waals surface area contributed by atoms with Crippen molar-refractivity contribution in [3.05, 3.63) is 29.8 Å². The van der Waals surface area contributed by atoms with Crippen LogP contribution in [0.1, 0.15) is 36.0 Å². The summed E-state index contributed by atoms with van der Waals surface area (Å²) in [5.74, 6) is -0.290. The van der Waals surface area contributed by atoms with Crippen molar-refractivity contribution in [1.29, 1.82) is 0 Å². The van der Waals surface area contributed by atoms with Crippen LogP contribution in [0.4, 0.5) is 5.69 Å². The molecule has 1 aromatic rings. The molecule has 0 aromatic heterocycles. The predicted octanol–water partition coefficient (Wildman–Crippen LogP) is 1.88. The second-order valence-electron chi connectivity index (χ2n) is 6.53. The monoisotopic (exact) mass is 378 g/mol. The highest BCUT2D eigenvalue weighted by molar-refractivity contribution is 7.99. The lowest BCUT2D eigenvalue weighted by atomic mass is 9.92. The van der Waals surface area contributed by atoms with E-state index in [1.165, 1.54) is 0 Å². The minimum Gasteiger partial charge on any atom is -0.480 e. The molecule has 0 saturated carbocycles. The van der Waals surface area contributed by atoms with E-state index < -0.39 is 23.5 Å². The van der Waals surface area contributed by atoms with E-state index in [-0.39, 0.29) is 5.91 Å². The highest BCUT2D eigenvalue weighted by Crippen LogP contribution is 2.28. The molecule has 0 bridgehead atoms. The first kappa shape index (κ1) is 18.7. The van der Waals surface area contributed by atoms with Crippen LogP contribution >= 0.6 is 11.8 Å². The van der Waals surface area contributed by atoms with E-state index in [9.17, 15) is 19.5 Å². The van der Waals surface area contributed by atoms with Gasteiger partial charge in [-0.05, 0) is 55.4 Å². The summed E-state index contributed by atoms with van der Waals surface area (Å²) in [7, 11) is 0. The number of amides is 2. The fourth-order valence-corrected chi connectivity index (χ4v) is 4.34. The number of carbonyl (C=O) groups is 3. The maximum Gasteiger partial charge on any atom is 0.329 e. The zero-order valence-corrected chi connectivity index (χ0v) is 15.1. The molecule has 0 spiro atoms. The largest absolute Gasteiger partial charge is 0.480 e. The number of carbonyl (C=O) groups excluding carboxylic acids is 2. The molecule has 1 aromatic carbocycles. The highest BCUT2D eigenvalue weighted by Gasteiger charge is 2.41. The first-order chi connectivity index (χ1) is 12.5. The first-order valence-corrected chi connectivity index (χ1v) is 9.82. The van der Waals surface area contributed by atoms with Gasteiger partial charge in [0.25, 0.3) is 11.8 Å². The van der Waals surface area contributed by atoms with E-state index in [1.807, 2.05) is 0 Å². The Morgan fingerprint density at radius 3 is 2.65 bits per heavy atom. The molecule has 140 valence electrons. The van der Waals surface area contributed by atoms with Crippen molar-refractivity contribution in [2.75, 3.05) is 23.4 Å². The predicted molar refractivity (Wildman–Crippen MR) is 98.4 cm³/mol. The van der Waals surface area contributed by atoms with Gasteiger partial charge < -0.3 is 20.5 Å². The summed E-state index contributed by atoms with van der Waals surface area (Å²) in [4.78, 5) is 36.4. The lowest BCUT2D eigenvalue weighted by Crippen LogP contribution is -2.56. The molecule has 2 heterocycles. The van der Waals surface area contributed by atoms with Crippen molar-refractivity contribution in [2.24, 2.45) is 0 Å². The number of hydrogen-bond acceptors (Lipinski definition) is 5. The Morgan fingerprint density at radius 2 is 2.00 bits per heavy atom. The lowest BCUT2D eigenvalue weighted by Gasteiger charge is -2.33. The second kappa shape index (κ2) is 8.09. The van der Waals surface area contributed by atoms with Gasteiger partial charge >= 0.3 is 5.97 Å². The van der Waals surface area contributed by atoms with E-state index >= 15 is 0 Å². The van der Waals surface area contributed by atoms with Crippen LogP contribution in [0.15, 0.2) is 24.3 Å². The molecule has 2 amide bonds. The van der Waals surface area contributed by atoms with Crippen molar-refractivity contribution < 1.29 is 24.2 Å². The second-order valence-corrected chi connectivity index (χ2v) is 7.75. The van der Waals surface area contributed by atoms with Crippen LogP contribution in [-0.4, -0.2) is 52.6 Å². The van der Waals surface area contributed by atoms with Gasteiger partial charge in [-0.2, -0.15) is 11.8 Å². The van der Waals surface area contributed by atoms with Crippen molar-refractivity contribution in [2.45, 2.75) is 37.3 Å². The quantitative estimate of drug-likeness (QED) is 0.723. The van der Waals surface area contributed by atoms with Crippen molar-refractivity contribution in [3.8, 4) is 0 Å². The van der Waals surface area contributed by atoms with Crippen molar-refractivity contribution in [1.82, 2.24) is 5.32 Å². The van der Waals surface area contributed by atoms with Crippen molar-refractivity contribution >= 4 is 35.2 Å². The zero-order chi connectivity index (χ0) is 18.6. The summed E-state index contributed by atoms with van der Waals surface area (Å²) in [6.07, 6.45) is 1.88. The Morgan fingerprint density at radius 1 is 1.23 bits per heavy atom. The van der Waals surface area contributed by atoms with Gasteiger partial charge in [-0.1, -0.05) is 6.07 Å². The Kier molecular flexibility index (Phi) is 5.83. The van der Waals surface area contributed by atoms with Crippen LogP contribution in [0.3, 0.4) is 0 Å². The maximum atomic E-state index is 12.6. The van der Waals surface area contributed by atoms with Gasteiger partial charge in [-0.15, -0.1) is 0 Å². The minimum atomic E-state index is -1.22. The third kappa shape index (κ3) is 4.19. The number of benzene rings is 1. The van der Waals surface area contributed by atoms with Gasteiger partial charge in [0.1, 0.15) is 11.6 Å². The summed E-state index contributed by atoms with van der Waals surface area (Å²) in [6.45, 7) is 0.579. The Hall–Kier alpha value is -2.06. The smallest absolute Gasteiger partial charge is 0.329 e. The fraction of sp³-hybridized carbons (Fsp3) is 0.500. The van der Waals surface area contributed by atoms with Crippen LogP contribution in [0.25, 0.3) is 0 Å². The van der Waals surface area contributed by atoms with Crippen LogP contribution in [0, 0.1) is 0 Å². The first-order valence-electron chi connectivity index (χ1n) is 8.66. The summed E-state index contributed by atoms with van der Waals surface area (Å²) in [5.41, 5.74) is -0.421. The van der Waals surface area contributed by atoms with Crippen LogP contribution in [0.2, 0.25) is 0 Å². The number of carboxylic acid groups (broad SMARTS) is 1. The number of rotatable bonds is 5. The number of aliphatic carboxylic acids is 1. The molecule has 0 radical (unpaired) electrons. The number of thioether (sulfide) groups is 1. The Bertz CT molecular complexity index is 697. The van der Waals surface area contributed by atoms with E-state index in [2.05, 4.69) is 10.6 Å².